The summed E-state index contributed by atoms with van der Waals surface area (Å²) in [6, 6.07) is 14.6. The Hall–Kier alpha value is -3.65. The number of hydrogen-bond donors (Lipinski definition) is 1. The maximum Gasteiger partial charge on any atom is 0.328 e. The van der Waals surface area contributed by atoms with E-state index < -0.39 is 0 Å². The van der Waals surface area contributed by atoms with E-state index in [1.807, 2.05) is 43.0 Å². The summed E-state index contributed by atoms with van der Waals surface area (Å²) in [4.78, 5) is 43.7. The highest BCUT2D eigenvalue weighted by Crippen LogP contribution is 2.36. The molecule has 0 atom stereocenters. The van der Waals surface area contributed by atoms with Gasteiger partial charge in [0.1, 0.15) is 0 Å². The molecule has 216 valence electrons. The standard InChI is InChI=1S/C33H41N5O3/c1-22-7-8-23(2)27(19-22)32(40)36-16-9-25(10-17-36)21-35-14-11-26(12-15-35)38-24(3)20-28-29(5-4-6-30(28)38)37-18-13-31(39)34-33(37)41/h4-8,19-20,25-26H,9-18,21H2,1-3H3,(H,34,39,41). The van der Waals surface area contributed by atoms with Gasteiger partial charge in [-0.1, -0.05) is 23.8 Å². The van der Waals surface area contributed by atoms with E-state index >= 15 is 0 Å². The number of aromatic nitrogens is 1. The number of anilines is 1. The highest BCUT2D eigenvalue weighted by Gasteiger charge is 2.30. The second-order valence-electron chi connectivity index (χ2n) is 12.2. The molecule has 0 radical (unpaired) electrons. The highest BCUT2D eigenvalue weighted by molar-refractivity contribution is 6.09. The Morgan fingerprint density at radius 2 is 1.66 bits per heavy atom. The first kappa shape index (κ1) is 27.5. The van der Waals surface area contributed by atoms with Crippen molar-refractivity contribution >= 4 is 34.4 Å². The molecule has 3 aliphatic rings. The van der Waals surface area contributed by atoms with Gasteiger partial charge in [0, 0.05) is 68.4 Å². The first-order valence-electron chi connectivity index (χ1n) is 15.1. The van der Waals surface area contributed by atoms with Gasteiger partial charge in [0.25, 0.3) is 5.91 Å². The van der Waals surface area contributed by atoms with E-state index in [0.29, 0.717) is 24.9 Å². The van der Waals surface area contributed by atoms with Crippen molar-refractivity contribution in [3.8, 4) is 0 Å². The maximum absolute atomic E-state index is 13.2. The zero-order valence-corrected chi connectivity index (χ0v) is 24.5. The van der Waals surface area contributed by atoms with E-state index in [4.69, 9.17) is 0 Å². The second kappa shape index (κ2) is 11.3. The summed E-state index contributed by atoms with van der Waals surface area (Å²) >= 11 is 0. The molecule has 3 saturated heterocycles. The van der Waals surface area contributed by atoms with Crippen molar-refractivity contribution in [2.24, 2.45) is 5.92 Å². The number of fused-ring (bicyclic) bond motifs is 1. The fourth-order valence-corrected chi connectivity index (χ4v) is 7.06. The second-order valence-corrected chi connectivity index (χ2v) is 12.2. The van der Waals surface area contributed by atoms with Crippen LogP contribution in [-0.4, -0.2) is 71.5 Å². The van der Waals surface area contributed by atoms with Crippen molar-refractivity contribution in [2.75, 3.05) is 44.2 Å². The van der Waals surface area contributed by atoms with Crippen LogP contribution in [0.1, 0.15) is 65.3 Å². The molecule has 0 aliphatic carbocycles. The van der Waals surface area contributed by atoms with E-state index in [1.54, 1.807) is 4.90 Å². The van der Waals surface area contributed by atoms with Crippen LogP contribution >= 0.6 is 0 Å². The number of hydrogen-bond acceptors (Lipinski definition) is 4. The smallest absolute Gasteiger partial charge is 0.328 e. The van der Waals surface area contributed by atoms with Gasteiger partial charge in [-0.25, -0.2) is 4.79 Å². The minimum absolute atomic E-state index is 0.178. The summed E-state index contributed by atoms with van der Waals surface area (Å²) in [5.41, 5.74) is 6.27. The summed E-state index contributed by atoms with van der Waals surface area (Å²) in [6.07, 6.45) is 4.64. The number of carbonyl (C=O) groups is 3. The molecule has 6 rings (SSSR count). The van der Waals surface area contributed by atoms with E-state index in [9.17, 15) is 14.4 Å². The molecule has 0 bridgehead atoms. The van der Waals surface area contributed by atoms with Crippen molar-refractivity contribution in [2.45, 2.75) is 58.9 Å². The van der Waals surface area contributed by atoms with E-state index in [-0.39, 0.29) is 17.8 Å². The molecule has 8 nitrogen and oxygen atoms in total. The average molecular weight is 556 g/mol. The minimum Gasteiger partial charge on any atom is -0.342 e. The first-order valence-corrected chi connectivity index (χ1v) is 15.1. The molecule has 3 aliphatic heterocycles. The Morgan fingerprint density at radius 1 is 0.902 bits per heavy atom. The van der Waals surface area contributed by atoms with Crippen LogP contribution in [0.25, 0.3) is 10.9 Å². The largest absolute Gasteiger partial charge is 0.342 e. The van der Waals surface area contributed by atoms with Gasteiger partial charge in [0.05, 0.1) is 11.2 Å². The number of likely N-dealkylation sites (tertiary alicyclic amines) is 2. The molecule has 4 heterocycles. The van der Waals surface area contributed by atoms with E-state index in [0.717, 1.165) is 91.7 Å². The third-order valence-electron chi connectivity index (χ3n) is 9.36. The summed E-state index contributed by atoms with van der Waals surface area (Å²) in [5.74, 6) is 0.598. The molecule has 41 heavy (non-hydrogen) atoms. The molecule has 4 amide bonds. The van der Waals surface area contributed by atoms with Gasteiger partial charge in [-0.15, -0.1) is 0 Å². The Balaban J connectivity index is 1.06. The molecule has 0 saturated carbocycles. The molecule has 1 aromatic heterocycles. The van der Waals surface area contributed by atoms with E-state index in [1.165, 1.54) is 5.69 Å². The Kier molecular flexibility index (Phi) is 7.60. The quantitative estimate of drug-likeness (QED) is 0.469. The van der Waals surface area contributed by atoms with Crippen LogP contribution < -0.4 is 10.2 Å². The number of rotatable bonds is 5. The zero-order valence-electron chi connectivity index (χ0n) is 24.5. The van der Waals surface area contributed by atoms with Crippen molar-refractivity contribution in [3.05, 3.63) is 64.8 Å². The average Bonchev–Trinajstić information content (AvgIpc) is 3.31. The van der Waals surface area contributed by atoms with Crippen LogP contribution in [0.2, 0.25) is 0 Å². The Bertz CT molecular complexity index is 1480. The molecule has 1 N–H and O–H groups in total. The third-order valence-corrected chi connectivity index (χ3v) is 9.36. The fourth-order valence-electron chi connectivity index (χ4n) is 7.06. The highest BCUT2D eigenvalue weighted by atomic mass is 16.2. The molecule has 0 spiro atoms. The predicted molar refractivity (Wildman–Crippen MR) is 161 cm³/mol. The monoisotopic (exact) mass is 555 g/mol. The molecule has 8 heteroatoms. The number of nitrogens with zero attached hydrogens (tertiary/aromatic N) is 4. The van der Waals surface area contributed by atoms with Crippen LogP contribution in [0, 0.1) is 26.7 Å². The first-order chi connectivity index (χ1) is 19.8. The summed E-state index contributed by atoms with van der Waals surface area (Å²) in [5, 5.41) is 3.52. The molecule has 3 aromatic rings. The Morgan fingerprint density at radius 3 is 2.39 bits per heavy atom. The van der Waals surface area contributed by atoms with Gasteiger partial charge in [-0.3, -0.25) is 19.8 Å². The lowest BCUT2D eigenvalue weighted by Crippen LogP contribution is -2.49. The summed E-state index contributed by atoms with van der Waals surface area (Å²) in [6.45, 7) is 11.6. The summed E-state index contributed by atoms with van der Waals surface area (Å²) in [7, 11) is 0. The lowest BCUT2D eigenvalue weighted by molar-refractivity contribution is -0.120. The van der Waals surface area contributed by atoms with Gasteiger partial charge >= 0.3 is 6.03 Å². The number of benzene rings is 2. The van der Waals surface area contributed by atoms with Crippen molar-refractivity contribution in [3.63, 3.8) is 0 Å². The molecule has 2 aromatic carbocycles. The molecule has 0 unspecified atom stereocenters. The van der Waals surface area contributed by atoms with Crippen molar-refractivity contribution < 1.29 is 14.4 Å². The Labute approximate surface area is 242 Å². The number of urea groups is 1. The van der Waals surface area contributed by atoms with E-state index in [2.05, 4.69) is 39.9 Å². The van der Waals surface area contributed by atoms with Gasteiger partial charge in [-0.05, 0) is 82.2 Å². The lowest BCUT2D eigenvalue weighted by atomic mass is 9.93. The molecular formula is C33H41N5O3. The number of piperidine rings is 2. The minimum atomic E-state index is -0.340. The van der Waals surface area contributed by atoms with Crippen LogP contribution in [0.3, 0.4) is 0 Å². The lowest BCUT2D eigenvalue weighted by Gasteiger charge is -2.38. The van der Waals surface area contributed by atoms with Gasteiger partial charge in [0.2, 0.25) is 5.91 Å². The van der Waals surface area contributed by atoms with Crippen LogP contribution in [0.4, 0.5) is 10.5 Å². The number of carbonyl (C=O) groups excluding carboxylic acids is 3. The number of nitrogens with one attached hydrogen (secondary N) is 1. The number of amides is 4. The fraction of sp³-hybridized carbons (Fsp3) is 0.485. The SMILES string of the molecule is Cc1ccc(C)c(C(=O)N2CCC(CN3CCC(n4c(C)cc5c(N6CCC(=O)NC6=O)cccc54)CC3)CC2)c1. The number of aryl methyl sites for hydroxylation is 3. The molecule has 3 fully saturated rings. The maximum atomic E-state index is 13.2. The number of imide groups is 1. The molecular weight excluding hydrogens is 514 g/mol. The third kappa shape index (κ3) is 5.49. The normalized spacial score (nSPS) is 19.7. The zero-order chi connectivity index (χ0) is 28.7. The predicted octanol–water partition coefficient (Wildman–Crippen LogP) is 5.20. The van der Waals surface area contributed by atoms with Gasteiger partial charge in [-0.2, -0.15) is 0 Å². The van der Waals surface area contributed by atoms with Crippen LogP contribution in [0.15, 0.2) is 42.5 Å². The van der Waals surface area contributed by atoms with Gasteiger partial charge < -0.3 is 14.4 Å². The van der Waals surface area contributed by atoms with Crippen LogP contribution in [-0.2, 0) is 4.79 Å². The van der Waals surface area contributed by atoms with Crippen LogP contribution in [0.5, 0.6) is 0 Å². The van der Waals surface area contributed by atoms with Crippen molar-refractivity contribution in [1.82, 2.24) is 19.7 Å². The van der Waals surface area contributed by atoms with Gasteiger partial charge in [0.15, 0.2) is 0 Å². The summed E-state index contributed by atoms with van der Waals surface area (Å²) < 4.78 is 2.46. The van der Waals surface area contributed by atoms with Crippen molar-refractivity contribution in [1.29, 1.82) is 0 Å². The topological polar surface area (TPSA) is 77.9 Å².